The van der Waals surface area contributed by atoms with Crippen LogP contribution in [0.25, 0.3) is 0 Å². The van der Waals surface area contributed by atoms with Crippen molar-refractivity contribution < 1.29 is 22.9 Å². The fourth-order valence-corrected chi connectivity index (χ4v) is 2.25. The summed E-state index contributed by atoms with van der Waals surface area (Å²) in [5, 5.41) is 13.7. The number of rotatable bonds is 7. The number of hydrogen-bond acceptors (Lipinski definition) is 7. The molecule has 0 saturated carbocycles. The van der Waals surface area contributed by atoms with Crippen LogP contribution in [0, 0.1) is 10.1 Å². The van der Waals surface area contributed by atoms with E-state index in [1.165, 1.54) is 26.3 Å². The second-order valence-corrected chi connectivity index (χ2v) is 5.78. The van der Waals surface area contributed by atoms with E-state index in [4.69, 9.17) is 0 Å². The van der Waals surface area contributed by atoms with Gasteiger partial charge in [0.1, 0.15) is 5.69 Å². The molecule has 0 heterocycles. The molecule has 0 aliphatic rings. The maximum atomic E-state index is 11.6. The highest BCUT2D eigenvalue weighted by Gasteiger charge is 2.20. The summed E-state index contributed by atoms with van der Waals surface area (Å²) >= 11 is 0. The fraction of sp³-hybridized carbons (Fsp3) is 0.364. The largest absolute Gasteiger partial charge is 0.469 e. The number of carbonyl (C=O) groups is 1. The monoisotopic (exact) mass is 317 g/mol. The summed E-state index contributed by atoms with van der Waals surface area (Å²) in [6.45, 7) is 0.131. The van der Waals surface area contributed by atoms with Crippen molar-refractivity contribution in [2.45, 2.75) is 11.3 Å². The number of sulfonamides is 1. The minimum Gasteiger partial charge on any atom is -0.469 e. The van der Waals surface area contributed by atoms with Crippen LogP contribution in [0.15, 0.2) is 23.1 Å². The Labute approximate surface area is 121 Å². The van der Waals surface area contributed by atoms with E-state index in [-0.39, 0.29) is 23.5 Å². The predicted molar refractivity (Wildman–Crippen MR) is 74.5 cm³/mol. The number of carbonyl (C=O) groups excluding carboxylic acids is 1. The van der Waals surface area contributed by atoms with Gasteiger partial charge in [0.05, 0.1) is 23.3 Å². The van der Waals surface area contributed by atoms with Crippen molar-refractivity contribution in [3.8, 4) is 0 Å². The number of nitrogens with zero attached hydrogens (tertiary/aromatic N) is 1. The third-order valence-corrected chi connectivity index (χ3v) is 4.03. The lowest BCUT2D eigenvalue weighted by atomic mass is 10.2. The molecule has 1 aromatic rings. The molecule has 0 spiro atoms. The Balaban J connectivity index is 3.01. The molecule has 0 unspecified atom stereocenters. The second kappa shape index (κ2) is 6.99. The maximum Gasteiger partial charge on any atom is 0.307 e. The van der Waals surface area contributed by atoms with Crippen LogP contribution in [0.3, 0.4) is 0 Å². The number of ether oxygens (including phenoxy) is 1. The molecule has 0 amide bonds. The molecule has 0 aliphatic carbocycles. The summed E-state index contributed by atoms with van der Waals surface area (Å²) in [5.41, 5.74) is -0.268. The van der Waals surface area contributed by atoms with Gasteiger partial charge in [-0.05, 0) is 19.2 Å². The van der Waals surface area contributed by atoms with Gasteiger partial charge in [-0.15, -0.1) is 0 Å². The SMILES string of the molecule is CNS(=O)(=O)c1ccc(NCCC(=O)OC)c([N+](=O)[O-])c1. The first-order valence-electron chi connectivity index (χ1n) is 5.84. The first kappa shape index (κ1) is 16.9. The van der Waals surface area contributed by atoms with Gasteiger partial charge in [0, 0.05) is 12.6 Å². The van der Waals surface area contributed by atoms with Crippen LogP contribution in [-0.2, 0) is 19.6 Å². The van der Waals surface area contributed by atoms with Crippen molar-refractivity contribution in [1.82, 2.24) is 4.72 Å². The Hall–Kier alpha value is -2.20. The zero-order valence-corrected chi connectivity index (χ0v) is 12.3. The van der Waals surface area contributed by atoms with Gasteiger partial charge in [0.2, 0.25) is 10.0 Å². The van der Waals surface area contributed by atoms with E-state index < -0.39 is 26.6 Å². The lowest BCUT2D eigenvalue weighted by Crippen LogP contribution is -2.19. The fourth-order valence-electron chi connectivity index (χ4n) is 1.50. The van der Waals surface area contributed by atoms with Crippen LogP contribution >= 0.6 is 0 Å². The minimum absolute atomic E-state index is 0.0320. The lowest BCUT2D eigenvalue weighted by molar-refractivity contribution is -0.384. The third-order valence-electron chi connectivity index (χ3n) is 2.62. The summed E-state index contributed by atoms with van der Waals surface area (Å²) in [7, 11) is -1.31. The third kappa shape index (κ3) is 4.39. The molecule has 0 bridgehead atoms. The molecule has 0 fully saturated rings. The molecule has 0 saturated heterocycles. The first-order valence-corrected chi connectivity index (χ1v) is 7.33. The van der Waals surface area contributed by atoms with Gasteiger partial charge in [0.15, 0.2) is 0 Å². The van der Waals surface area contributed by atoms with Gasteiger partial charge in [-0.2, -0.15) is 0 Å². The minimum atomic E-state index is -3.77. The smallest absolute Gasteiger partial charge is 0.307 e. The molecule has 2 N–H and O–H groups in total. The van der Waals surface area contributed by atoms with Gasteiger partial charge in [0.25, 0.3) is 5.69 Å². The van der Waals surface area contributed by atoms with Crippen LogP contribution in [-0.4, -0.2) is 40.0 Å². The molecule has 0 atom stereocenters. The normalized spacial score (nSPS) is 11.0. The zero-order chi connectivity index (χ0) is 16.0. The predicted octanol–water partition coefficient (Wildman–Crippen LogP) is 0.478. The van der Waals surface area contributed by atoms with Crippen LogP contribution in [0.4, 0.5) is 11.4 Å². The zero-order valence-electron chi connectivity index (χ0n) is 11.5. The summed E-state index contributed by atoms with van der Waals surface area (Å²) < 4.78 is 29.7. The van der Waals surface area contributed by atoms with Crippen molar-refractivity contribution >= 4 is 27.4 Å². The van der Waals surface area contributed by atoms with E-state index in [1.54, 1.807) is 0 Å². The number of nitro groups is 1. The molecule has 21 heavy (non-hydrogen) atoms. The number of nitrogens with one attached hydrogen (secondary N) is 2. The molecule has 9 nitrogen and oxygen atoms in total. The standard InChI is InChI=1S/C11H15N3O6S/c1-12-21(18,19)8-3-4-9(10(7-8)14(16)17)13-6-5-11(15)20-2/h3-4,7,12-13H,5-6H2,1-2H3. The van der Waals surface area contributed by atoms with Crippen molar-refractivity contribution in [2.75, 3.05) is 26.0 Å². The van der Waals surface area contributed by atoms with Crippen molar-refractivity contribution in [2.24, 2.45) is 0 Å². The second-order valence-electron chi connectivity index (χ2n) is 3.90. The summed E-state index contributed by atoms with van der Waals surface area (Å²) in [5.74, 6) is -0.459. The van der Waals surface area contributed by atoms with Crippen LogP contribution in [0.5, 0.6) is 0 Å². The summed E-state index contributed by atoms with van der Waals surface area (Å²) in [4.78, 5) is 21.1. The number of methoxy groups -OCH3 is 1. The molecule has 1 aromatic carbocycles. The first-order chi connectivity index (χ1) is 9.81. The van der Waals surface area contributed by atoms with E-state index in [2.05, 4.69) is 14.8 Å². The highest BCUT2D eigenvalue weighted by atomic mass is 32.2. The van der Waals surface area contributed by atoms with E-state index in [9.17, 15) is 23.3 Å². The topological polar surface area (TPSA) is 128 Å². The van der Waals surface area contributed by atoms with Crippen LogP contribution < -0.4 is 10.0 Å². The molecule has 0 aromatic heterocycles. The molecule has 0 aliphatic heterocycles. The molecule has 116 valence electrons. The van der Waals surface area contributed by atoms with Gasteiger partial charge in [-0.25, -0.2) is 13.1 Å². The van der Waals surface area contributed by atoms with E-state index in [1.807, 2.05) is 0 Å². The number of anilines is 1. The van der Waals surface area contributed by atoms with Crippen molar-refractivity contribution in [1.29, 1.82) is 0 Å². The Morgan fingerprint density at radius 3 is 2.62 bits per heavy atom. The number of nitro benzene ring substituents is 1. The molecule has 0 radical (unpaired) electrons. The highest BCUT2D eigenvalue weighted by molar-refractivity contribution is 7.89. The van der Waals surface area contributed by atoms with Gasteiger partial charge in [-0.1, -0.05) is 0 Å². The Morgan fingerprint density at radius 1 is 1.43 bits per heavy atom. The van der Waals surface area contributed by atoms with Crippen LogP contribution in [0.1, 0.15) is 6.42 Å². The Bertz CT molecular complexity index is 643. The molecular weight excluding hydrogens is 302 g/mol. The van der Waals surface area contributed by atoms with E-state index in [0.29, 0.717) is 0 Å². The number of hydrogen-bond donors (Lipinski definition) is 2. The molecular formula is C11H15N3O6S. The molecule has 1 rings (SSSR count). The van der Waals surface area contributed by atoms with Crippen LogP contribution in [0.2, 0.25) is 0 Å². The van der Waals surface area contributed by atoms with Crippen molar-refractivity contribution in [3.05, 3.63) is 28.3 Å². The van der Waals surface area contributed by atoms with E-state index in [0.717, 1.165) is 6.07 Å². The Kier molecular flexibility index (Phi) is 5.61. The Morgan fingerprint density at radius 2 is 2.10 bits per heavy atom. The lowest BCUT2D eigenvalue weighted by Gasteiger charge is -2.08. The summed E-state index contributed by atoms with van der Waals surface area (Å²) in [6.07, 6.45) is 0.0320. The average molecular weight is 317 g/mol. The van der Waals surface area contributed by atoms with E-state index >= 15 is 0 Å². The average Bonchev–Trinajstić information content (AvgIpc) is 2.46. The van der Waals surface area contributed by atoms with Gasteiger partial charge >= 0.3 is 5.97 Å². The van der Waals surface area contributed by atoms with Gasteiger partial charge in [-0.3, -0.25) is 14.9 Å². The number of benzene rings is 1. The van der Waals surface area contributed by atoms with Gasteiger partial charge < -0.3 is 10.1 Å². The summed E-state index contributed by atoms with van der Waals surface area (Å²) in [6, 6.07) is 3.46. The maximum absolute atomic E-state index is 11.6. The quantitative estimate of drug-likeness (QED) is 0.425. The number of esters is 1. The highest BCUT2D eigenvalue weighted by Crippen LogP contribution is 2.27. The molecule has 10 heteroatoms. The van der Waals surface area contributed by atoms with Crippen molar-refractivity contribution in [3.63, 3.8) is 0 Å².